The van der Waals surface area contributed by atoms with E-state index in [9.17, 15) is 24.1 Å². The second-order valence-electron chi connectivity index (χ2n) is 4.73. The highest BCUT2D eigenvalue weighted by Crippen LogP contribution is 2.15. The molecular weight excluding hydrogens is 305 g/mol. The van der Waals surface area contributed by atoms with Crippen LogP contribution in [-0.4, -0.2) is 22.8 Å². The van der Waals surface area contributed by atoms with E-state index in [1.807, 2.05) is 0 Å². The van der Waals surface area contributed by atoms with Crippen LogP contribution >= 0.6 is 0 Å². The first-order valence-electron chi connectivity index (χ1n) is 6.63. The molecule has 0 amide bonds. The van der Waals surface area contributed by atoms with E-state index in [1.165, 1.54) is 37.3 Å². The predicted octanol–water partition coefficient (Wildman–Crippen LogP) is 3.16. The minimum absolute atomic E-state index is 0.0297. The molecule has 0 radical (unpaired) electrons. The zero-order valence-electron chi connectivity index (χ0n) is 12.1. The first kappa shape index (κ1) is 16.3. The molecule has 2 aromatic rings. The molecule has 0 fully saturated rings. The molecule has 0 aliphatic rings. The minimum Gasteiger partial charge on any atom is -0.451 e. The van der Waals surface area contributed by atoms with Crippen LogP contribution in [0.25, 0.3) is 0 Å². The number of nitrogens with zero attached hydrogens (tertiary/aromatic N) is 1. The van der Waals surface area contributed by atoms with Gasteiger partial charge in [-0.05, 0) is 37.3 Å². The topological polar surface area (TPSA) is 86.5 Å². The largest absolute Gasteiger partial charge is 0.451 e. The molecular formula is C16H12FNO5. The maximum atomic E-state index is 12.8. The fourth-order valence-corrected chi connectivity index (χ4v) is 1.88. The number of hydrogen-bond acceptors (Lipinski definition) is 5. The van der Waals surface area contributed by atoms with Gasteiger partial charge in [0.25, 0.3) is 5.69 Å². The molecule has 0 aliphatic carbocycles. The van der Waals surface area contributed by atoms with Crippen molar-refractivity contribution in [2.45, 2.75) is 13.0 Å². The number of rotatable bonds is 5. The molecule has 1 atom stereocenters. The molecule has 6 nitrogen and oxygen atoms in total. The zero-order valence-corrected chi connectivity index (χ0v) is 12.1. The van der Waals surface area contributed by atoms with Crippen molar-refractivity contribution in [1.29, 1.82) is 0 Å². The SMILES string of the molecule is C[C@H](OC(=O)c1cccc([N+](=O)[O-])c1)C(=O)c1ccc(F)cc1. The number of ketones is 1. The Morgan fingerprint density at radius 2 is 1.78 bits per heavy atom. The van der Waals surface area contributed by atoms with Crippen LogP contribution < -0.4 is 0 Å². The average molecular weight is 317 g/mol. The Hall–Kier alpha value is -3.09. The van der Waals surface area contributed by atoms with Gasteiger partial charge in [-0.25, -0.2) is 9.18 Å². The molecule has 118 valence electrons. The van der Waals surface area contributed by atoms with Gasteiger partial charge in [-0.3, -0.25) is 14.9 Å². The third-order valence-corrected chi connectivity index (χ3v) is 3.07. The number of carbonyl (C=O) groups excluding carboxylic acids is 2. The second-order valence-corrected chi connectivity index (χ2v) is 4.73. The lowest BCUT2D eigenvalue weighted by Crippen LogP contribution is -2.24. The fourth-order valence-electron chi connectivity index (χ4n) is 1.88. The number of benzene rings is 2. The summed E-state index contributed by atoms with van der Waals surface area (Å²) >= 11 is 0. The number of nitro benzene ring substituents is 1. The van der Waals surface area contributed by atoms with Gasteiger partial charge < -0.3 is 4.74 Å². The predicted molar refractivity (Wildman–Crippen MR) is 78.7 cm³/mol. The van der Waals surface area contributed by atoms with Gasteiger partial charge in [-0.1, -0.05) is 6.07 Å². The molecule has 0 saturated carbocycles. The number of nitro groups is 1. The first-order valence-corrected chi connectivity index (χ1v) is 6.63. The van der Waals surface area contributed by atoms with E-state index in [4.69, 9.17) is 4.74 Å². The van der Waals surface area contributed by atoms with Crippen molar-refractivity contribution in [3.05, 3.63) is 75.6 Å². The van der Waals surface area contributed by atoms with Crippen LogP contribution in [0.4, 0.5) is 10.1 Å². The van der Waals surface area contributed by atoms with Crippen molar-refractivity contribution in [2.24, 2.45) is 0 Å². The summed E-state index contributed by atoms with van der Waals surface area (Å²) in [4.78, 5) is 34.1. The van der Waals surface area contributed by atoms with Crippen molar-refractivity contribution in [2.75, 3.05) is 0 Å². The van der Waals surface area contributed by atoms with E-state index >= 15 is 0 Å². The van der Waals surface area contributed by atoms with Crippen molar-refractivity contribution in [3.63, 3.8) is 0 Å². The third-order valence-electron chi connectivity index (χ3n) is 3.07. The summed E-state index contributed by atoms with van der Waals surface area (Å²) in [6, 6.07) is 9.84. The molecule has 0 bridgehead atoms. The highest BCUT2D eigenvalue weighted by atomic mass is 19.1. The zero-order chi connectivity index (χ0) is 17.0. The third kappa shape index (κ3) is 3.97. The van der Waals surface area contributed by atoms with Crippen LogP contribution in [0.1, 0.15) is 27.6 Å². The smallest absolute Gasteiger partial charge is 0.339 e. The second kappa shape index (κ2) is 6.78. The van der Waals surface area contributed by atoms with Gasteiger partial charge in [0, 0.05) is 17.7 Å². The standard InChI is InChI=1S/C16H12FNO5/c1-10(15(19)11-5-7-13(17)8-6-11)23-16(20)12-3-2-4-14(9-12)18(21)22/h2-10H,1H3/t10-/m0/s1. The Morgan fingerprint density at radius 3 is 2.39 bits per heavy atom. The fraction of sp³-hybridized carbons (Fsp3) is 0.125. The molecule has 0 spiro atoms. The Balaban J connectivity index is 2.10. The maximum Gasteiger partial charge on any atom is 0.339 e. The Labute approximate surface area is 130 Å². The highest BCUT2D eigenvalue weighted by molar-refractivity contribution is 6.01. The number of carbonyl (C=O) groups is 2. The van der Waals surface area contributed by atoms with Crippen LogP contribution in [-0.2, 0) is 4.74 Å². The van der Waals surface area contributed by atoms with Gasteiger partial charge in [-0.15, -0.1) is 0 Å². The van der Waals surface area contributed by atoms with E-state index < -0.39 is 28.6 Å². The Kier molecular flexibility index (Phi) is 4.80. The molecule has 7 heteroatoms. The summed E-state index contributed by atoms with van der Waals surface area (Å²) in [5.41, 5.74) is -0.0827. The number of halogens is 1. The quantitative estimate of drug-likeness (QED) is 0.366. The number of ether oxygens (including phenoxy) is 1. The summed E-state index contributed by atoms with van der Waals surface area (Å²) in [6.07, 6.45) is -1.10. The van der Waals surface area contributed by atoms with Crippen molar-refractivity contribution < 1.29 is 23.6 Å². The number of non-ortho nitro benzene ring substituents is 1. The van der Waals surface area contributed by atoms with Crippen molar-refractivity contribution >= 4 is 17.4 Å². The van der Waals surface area contributed by atoms with Gasteiger partial charge in [0.15, 0.2) is 6.10 Å². The normalized spacial score (nSPS) is 11.6. The van der Waals surface area contributed by atoms with Gasteiger partial charge in [-0.2, -0.15) is 0 Å². The monoisotopic (exact) mass is 317 g/mol. The molecule has 2 aromatic carbocycles. The maximum absolute atomic E-state index is 12.8. The molecule has 0 saturated heterocycles. The summed E-state index contributed by atoms with van der Waals surface area (Å²) < 4.78 is 17.8. The van der Waals surface area contributed by atoms with Gasteiger partial charge in [0.2, 0.25) is 5.78 Å². The van der Waals surface area contributed by atoms with Crippen molar-refractivity contribution in [3.8, 4) is 0 Å². The van der Waals surface area contributed by atoms with Crippen LogP contribution in [0.5, 0.6) is 0 Å². The van der Waals surface area contributed by atoms with Gasteiger partial charge in [0.05, 0.1) is 10.5 Å². The molecule has 0 N–H and O–H groups in total. The molecule has 0 aromatic heterocycles. The van der Waals surface area contributed by atoms with E-state index in [-0.39, 0.29) is 16.8 Å². The summed E-state index contributed by atoms with van der Waals surface area (Å²) in [6.45, 7) is 1.38. The summed E-state index contributed by atoms with van der Waals surface area (Å²) in [5.74, 6) is -1.83. The van der Waals surface area contributed by atoms with Gasteiger partial charge >= 0.3 is 5.97 Å². The lowest BCUT2D eigenvalue weighted by molar-refractivity contribution is -0.384. The molecule has 0 heterocycles. The molecule has 0 unspecified atom stereocenters. The Bertz CT molecular complexity index is 757. The number of hydrogen-bond donors (Lipinski definition) is 0. The molecule has 0 aliphatic heterocycles. The first-order chi connectivity index (χ1) is 10.9. The van der Waals surface area contributed by atoms with E-state index in [0.29, 0.717) is 0 Å². The average Bonchev–Trinajstić information content (AvgIpc) is 2.54. The lowest BCUT2D eigenvalue weighted by Gasteiger charge is -2.12. The lowest BCUT2D eigenvalue weighted by atomic mass is 10.1. The van der Waals surface area contributed by atoms with Gasteiger partial charge in [0.1, 0.15) is 5.82 Å². The van der Waals surface area contributed by atoms with Crippen LogP contribution in [0, 0.1) is 15.9 Å². The minimum atomic E-state index is -1.10. The van der Waals surface area contributed by atoms with Crippen LogP contribution in [0.15, 0.2) is 48.5 Å². The molecule has 2 rings (SSSR count). The molecule has 23 heavy (non-hydrogen) atoms. The van der Waals surface area contributed by atoms with Crippen molar-refractivity contribution in [1.82, 2.24) is 0 Å². The highest BCUT2D eigenvalue weighted by Gasteiger charge is 2.21. The summed E-state index contributed by atoms with van der Waals surface area (Å²) in [5, 5.41) is 10.7. The van der Waals surface area contributed by atoms with Crippen LogP contribution in [0.3, 0.4) is 0 Å². The Morgan fingerprint density at radius 1 is 1.13 bits per heavy atom. The van der Waals surface area contributed by atoms with E-state index in [1.54, 1.807) is 0 Å². The van der Waals surface area contributed by atoms with E-state index in [0.717, 1.165) is 18.2 Å². The van der Waals surface area contributed by atoms with E-state index in [2.05, 4.69) is 0 Å². The summed E-state index contributed by atoms with van der Waals surface area (Å²) in [7, 11) is 0. The van der Waals surface area contributed by atoms with Crippen LogP contribution in [0.2, 0.25) is 0 Å². The number of esters is 1. The number of Topliss-reactive ketones (excluding diaryl/α,β-unsaturated/α-hetero) is 1.